The largest absolute Gasteiger partial charge is 0.543 e. The molecule has 2 rings (SSSR count). The lowest BCUT2D eigenvalue weighted by Crippen LogP contribution is -2.24. The number of benzene rings is 1. The van der Waals surface area contributed by atoms with E-state index in [-0.39, 0.29) is 11.4 Å². The molecule has 0 aliphatic rings. The van der Waals surface area contributed by atoms with Gasteiger partial charge in [-0.05, 0) is 18.2 Å². The van der Waals surface area contributed by atoms with Gasteiger partial charge in [-0.2, -0.15) is 18.3 Å². The molecule has 4 nitrogen and oxygen atoms in total. The van der Waals surface area contributed by atoms with Crippen molar-refractivity contribution in [2.45, 2.75) is 6.18 Å². The summed E-state index contributed by atoms with van der Waals surface area (Å²) in [6.45, 7) is 0. The van der Waals surface area contributed by atoms with Gasteiger partial charge < -0.3 is 9.90 Å². The summed E-state index contributed by atoms with van der Waals surface area (Å²) in [5.74, 6) is -1.40. The highest BCUT2D eigenvalue weighted by atomic mass is 19.4. The molecule has 0 saturated carbocycles. The highest BCUT2D eigenvalue weighted by Crippen LogP contribution is 2.30. The molecule has 0 unspecified atom stereocenters. The van der Waals surface area contributed by atoms with Crippen molar-refractivity contribution in [1.82, 2.24) is 9.78 Å². The molecule has 0 N–H and O–H groups in total. The Labute approximate surface area is 106 Å². The van der Waals surface area contributed by atoms with Crippen molar-refractivity contribution < 1.29 is 23.1 Å². The molecule has 100 valence electrons. The van der Waals surface area contributed by atoms with Crippen LogP contribution in [0.2, 0.25) is 0 Å². The number of halogens is 3. The van der Waals surface area contributed by atoms with E-state index in [1.165, 1.54) is 25.2 Å². The van der Waals surface area contributed by atoms with Gasteiger partial charge in [-0.1, -0.05) is 12.1 Å². The van der Waals surface area contributed by atoms with Gasteiger partial charge in [-0.25, -0.2) is 0 Å². The van der Waals surface area contributed by atoms with Crippen LogP contribution in [0, 0.1) is 0 Å². The number of aromatic carboxylic acids is 1. The molecule has 0 saturated heterocycles. The van der Waals surface area contributed by atoms with Gasteiger partial charge in [0, 0.05) is 12.6 Å². The molecule has 0 spiro atoms. The maximum atomic E-state index is 12.4. The summed E-state index contributed by atoms with van der Waals surface area (Å²) in [5.41, 5.74) is -0.242. The van der Waals surface area contributed by atoms with E-state index in [1.807, 2.05) is 0 Å². The van der Waals surface area contributed by atoms with E-state index < -0.39 is 17.7 Å². The molecular weight excluding hydrogens is 261 g/mol. The van der Waals surface area contributed by atoms with Crippen LogP contribution < -0.4 is 5.11 Å². The summed E-state index contributed by atoms with van der Waals surface area (Å²) >= 11 is 0. The second-order valence-corrected chi connectivity index (χ2v) is 3.90. The number of nitrogens with zero attached hydrogens (tertiary/aromatic N) is 2. The van der Waals surface area contributed by atoms with Crippen LogP contribution in [-0.2, 0) is 13.2 Å². The molecule has 2 aromatic rings. The average molecular weight is 269 g/mol. The third-order valence-electron chi connectivity index (χ3n) is 2.60. The molecule has 1 aromatic carbocycles. The fourth-order valence-corrected chi connectivity index (χ4v) is 1.63. The molecule has 0 fully saturated rings. The average Bonchev–Trinajstić information content (AvgIpc) is 2.70. The highest BCUT2D eigenvalue weighted by molar-refractivity contribution is 5.85. The zero-order valence-corrected chi connectivity index (χ0v) is 9.73. The Hall–Kier alpha value is -2.31. The van der Waals surface area contributed by atoms with Crippen LogP contribution in [0.25, 0.3) is 11.3 Å². The minimum Gasteiger partial charge on any atom is -0.543 e. The zero-order chi connectivity index (χ0) is 14.2. The normalized spacial score (nSPS) is 11.6. The number of hydrogen-bond acceptors (Lipinski definition) is 3. The maximum absolute atomic E-state index is 12.4. The predicted octanol–water partition coefficient (Wildman–Crippen LogP) is 1.47. The van der Waals surface area contributed by atoms with E-state index in [4.69, 9.17) is 0 Å². The third-order valence-corrected chi connectivity index (χ3v) is 2.60. The van der Waals surface area contributed by atoms with Crippen LogP contribution in [0.1, 0.15) is 16.1 Å². The summed E-state index contributed by atoms with van der Waals surface area (Å²) < 4.78 is 38.3. The third kappa shape index (κ3) is 2.59. The quantitative estimate of drug-likeness (QED) is 0.829. The number of alkyl halides is 3. The van der Waals surface area contributed by atoms with E-state index in [9.17, 15) is 23.1 Å². The first-order valence-electron chi connectivity index (χ1n) is 5.22. The van der Waals surface area contributed by atoms with Gasteiger partial charge >= 0.3 is 6.18 Å². The number of carboxylic acids is 1. The lowest BCUT2D eigenvalue weighted by molar-refractivity contribution is -0.255. The Balaban J connectivity index is 2.38. The molecule has 0 bridgehead atoms. The number of carbonyl (C=O) groups is 1. The Morgan fingerprint density at radius 3 is 2.26 bits per heavy atom. The SMILES string of the molecule is Cn1nc(-c2ccc(C(F)(F)F)cc2)cc1C(=O)[O-]. The van der Waals surface area contributed by atoms with Gasteiger partial charge in [0.25, 0.3) is 0 Å². The number of rotatable bonds is 2. The van der Waals surface area contributed by atoms with E-state index in [2.05, 4.69) is 5.10 Å². The minimum atomic E-state index is -4.40. The molecule has 1 aromatic heterocycles. The van der Waals surface area contributed by atoms with Crippen LogP contribution in [0.4, 0.5) is 13.2 Å². The Kier molecular flexibility index (Phi) is 3.05. The van der Waals surface area contributed by atoms with Crippen molar-refractivity contribution in [3.05, 3.63) is 41.6 Å². The lowest BCUT2D eigenvalue weighted by Gasteiger charge is -2.06. The van der Waals surface area contributed by atoms with Gasteiger partial charge in [-0.3, -0.25) is 4.68 Å². The summed E-state index contributed by atoms with van der Waals surface area (Å²) in [6.07, 6.45) is -4.40. The van der Waals surface area contributed by atoms with E-state index in [0.717, 1.165) is 16.8 Å². The van der Waals surface area contributed by atoms with Gasteiger partial charge in [-0.15, -0.1) is 0 Å². The summed E-state index contributed by atoms with van der Waals surface area (Å²) in [5, 5.41) is 14.6. The molecule has 1 heterocycles. The Bertz CT molecular complexity index is 615. The van der Waals surface area contributed by atoms with Gasteiger partial charge in [0.15, 0.2) is 0 Å². The van der Waals surface area contributed by atoms with Crippen molar-refractivity contribution in [3.63, 3.8) is 0 Å². The van der Waals surface area contributed by atoms with Crippen molar-refractivity contribution >= 4 is 5.97 Å². The fraction of sp³-hybridized carbons (Fsp3) is 0.167. The van der Waals surface area contributed by atoms with E-state index >= 15 is 0 Å². The van der Waals surface area contributed by atoms with Gasteiger partial charge in [0.1, 0.15) is 0 Å². The standard InChI is InChI=1S/C12H9F3N2O2/c1-17-10(11(18)19)6-9(16-17)7-2-4-8(5-3-7)12(13,14)15/h2-6H,1H3,(H,18,19)/p-1. The zero-order valence-electron chi connectivity index (χ0n) is 9.73. The van der Waals surface area contributed by atoms with Crippen molar-refractivity contribution in [2.75, 3.05) is 0 Å². The fourth-order valence-electron chi connectivity index (χ4n) is 1.63. The van der Waals surface area contributed by atoms with Gasteiger partial charge in [0.2, 0.25) is 0 Å². The highest BCUT2D eigenvalue weighted by Gasteiger charge is 2.30. The molecule has 0 aliphatic carbocycles. The smallest absolute Gasteiger partial charge is 0.416 e. The van der Waals surface area contributed by atoms with Crippen LogP contribution in [0.15, 0.2) is 30.3 Å². The van der Waals surface area contributed by atoms with Crippen molar-refractivity contribution in [2.24, 2.45) is 7.05 Å². The minimum absolute atomic E-state index is 0.144. The lowest BCUT2D eigenvalue weighted by atomic mass is 10.1. The first-order valence-corrected chi connectivity index (χ1v) is 5.22. The Morgan fingerprint density at radius 1 is 1.26 bits per heavy atom. The van der Waals surface area contributed by atoms with Crippen molar-refractivity contribution in [3.8, 4) is 11.3 Å². The summed E-state index contributed by atoms with van der Waals surface area (Å²) in [4.78, 5) is 10.7. The molecule has 0 amide bonds. The first-order chi connectivity index (χ1) is 8.79. The molecule has 7 heteroatoms. The monoisotopic (exact) mass is 269 g/mol. The number of aromatic nitrogens is 2. The number of hydrogen-bond donors (Lipinski definition) is 0. The maximum Gasteiger partial charge on any atom is 0.416 e. The van der Waals surface area contributed by atoms with Crippen LogP contribution >= 0.6 is 0 Å². The topological polar surface area (TPSA) is 58.0 Å². The molecule has 0 aliphatic heterocycles. The molecule has 19 heavy (non-hydrogen) atoms. The summed E-state index contributed by atoms with van der Waals surface area (Å²) in [7, 11) is 1.42. The van der Waals surface area contributed by atoms with E-state index in [1.54, 1.807) is 0 Å². The van der Waals surface area contributed by atoms with Crippen LogP contribution in [0.3, 0.4) is 0 Å². The van der Waals surface area contributed by atoms with Crippen LogP contribution in [0.5, 0.6) is 0 Å². The number of aryl methyl sites for hydroxylation is 1. The molecule has 0 atom stereocenters. The molecule has 0 radical (unpaired) electrons. The second-order valence-electron chi connectivity index (χ2n) is 3.90. The number of carboxylic acid groups (broad SMARTS) is 1. The Morgan fingerprint density at radius 2 is 1.84 bits per heavy atom. The first kappa shape index (κ1) is 13.1. The summed E-state index contributed by atoms with van der Waals surface area (Å²) in [6, 6.07) is 5.57. The number of carbonyl (C=O) groups excluding carboxylic acids is 1. The molecular formula is C12H8F3N2O2-. The van der Waals surface area contributed by atoms with Crippen molar-refractivity contribution in [1.29, 1.82) is 0 Å². The van der Waals surface area contributed by atoms with Gasteiger partial charge in [0.05, 0.1) is 22.9 Å². The van der Waals surface area contributed by atoms with Crippen LogP contribution in [-0.4, -0.2) is 15.7 Å². The second kappa shape index (κ2) is 4.42. The predicted molar refractivity (Wildman–Crippen MR) is 58.0 cm³/mol. The van der Waals surface area contributed by atoms with E-state index in [0.29, 0.717) is 5.56 Å².